The molecule has 2 aromatic rings. The number of rotatable bonds is 7. The van der Waals surface area contributed by atoms with Crippen LogP contribution in [0.4, 0.5) is 0 Å². The van der Waals surface area contributed by atoms with Crippen LogP contribution in [0, 0.1) is 35.0 Å². The molecule has 0 radical (unpaired) electrons. The highest BCUT2D eigenvalue weighted by molar-refractivity contribution is 5.52. The van der Waals surface area contributed by atoms with Gasteiger partial charge in [-0.15, -0.1) is 0 Å². The average Bonchev–Trinajstić information content (AvgIpc) is 2.79. The summed E-state index contributed by atoms with van der Waals surface area (Å²) in [4.78, 5) is 0. The van der Waals surface area contributed by atoms with Crippen molar-refractivity contribution in [3.63, 3.8) is 0 Å². The summed E-state index contributed by atoms with van der Waals surface area (Å²) in [7, 11) is 0. The fraction of sp³-hybridized carbons (Fsp3) is 0.483. The highest BCUT2D eigenvalue weighted by atomic mass is 14.3. The average molecular weight is 398 g/mol. The van der Waals surface area contributed by atoms with Crippen molar-refractivity contribution in [2.24, 2.45) is 11.8 Å². The lowest BCUT2D eigenvalue weighted by Gasteiger charge is -2.28. The van der Waals surface area contributed by atoms with E-state index in [0.717, 1.165) is 42.2 Å². The minimum atomic E-state index is 0.703. The van der Waals surface area contributed by atoms with E-state index in [1.165, 1.54) is 56.1 Å². The third-order valence-corrected chi connectivity index (χ3v) is 6.54. The predicted octanol–water partition coefficient (Wildman–Crippen LogP) is 7.45. The Kier molecular flexibility index (Phi) is 8.59. The van der Waals surface area contributed by atoms with Gasteiger partial charge in [0.1, 0.15) is 6.07 Å². The van der Waals surface area contributed by atoms with Gasteiger partial charge in [-0.1, -0.05) is 88.8 Å². The smallest absolute Gasteiger partial charge is 0.100 e. The Morgan fingerprint density at radius 1 is 0.733 bits per heavy atom. The maximum atomic E-state index is 9.61. The van der Waals surface area contributed by atoms with Crippen LogP contribution in [0.15, 0.2) is 42.5 Å². The van der Waals surface area contributed by atoms with Crippen LogP contribution in [0.25, 0.3) is 0 Å². The second kappa shape index (κ2) is 11.6. The molecule has 0 unspecified atom stereocenters. The zero-order valence-electron chi connectivity index (χ0n) is 18.7. The van der Waals surface area contributed by atoms with E-state index in [9.17, 15) is 5.26 Å². The fourth-order valence-corrected chi connectivity index (χ4v) is 4.72. The molecule has 0 bridgehead atoms. The lowest BCUT2D eigenvalue weighted by molar-refractivity contribution is 0.252. The van der Waals surface area contributed by atoms with Crippen molar-refractivity contribution in [1.29, 1.82) is 5.26 Å². The summed E-state index contributed by atoms with van der Waals surface area (Å²) in [5.41, 5.74) is 5.16. The maximum Gasteiger partial charge on any atom is 0.100 e. The Bertz CT molecular complexity index is 896. The molecule has 0 spiro atoms. The molecule has 1 heteroatoms. The second-order valence-electron chi connectivity index (χ2n) is 8.90. The Labute approximate surface area is 183 Å². The molecular weight excluding hydrogens is 362 g/mol. The minimum absolute atomic E-state index is 0.703. The van der Waals surface area contributed by atoms with Crippen LogP contribution in [0.3, 0.4) is 0 Å². The standard InChI is InChI=1S/C29H35N/c1-3-5-23-7-11-25(12-8-23)15-16-27-18-20-28(29(21-27)22-30)19-17-26-13-9-24(6-4-2)10-14-26/h9-10,13-14,18,20-21,23,25H,3-8,11-12,15-16H2,1-2H3. The van der Waals surface area contributed by atoms with E-state index in [1.807, 2.05) is 6.07 Å². The van der Waals surface area contributed by atoms with Crippen molar-refractivity contribution < 1.29 is 0 Å². The first-order chi connectivity index (χ1) is 14.7. The van der Waals surface area contributed by atoms with Crippen molar-refractivity contribution in [1.82, 2.24) is 0 Å². The largest absolute Gasteiger partial charge is 0.192 e. The van der Waals surface area contributed by atoms with E-state index < -0.39 is 0 Å². The summed E-state index contributed by atoms with van der Waals surface area (Å²) < 4.78 is 0. The molecule has 0 amide bonds. The fourth-order valence-electron chi connectivity index (χ4n) is 4.72. The van der Waals surface area contributed by atoms with E-state index in [4.69, 9.17) is 0 Å². The first kappa shape index (κ1) is 22.2. The molecule has 1 nitrogen and oxygen atoms in total. The quantitative estimate of drug-likeness (QED) is 0.445. The monoisotopic (exact) mass is 397 g/mol. The third-order valence-electron chi connectivity index (χ3n) is 6.54. The van der Waals surface area contributed by atoms with E-state index in [0.29, 0.717) is 5.56 Å². The molecule has 156 valence electrons. The SMILES string of the molecule is CCCc1ccc(C#Cc2ccc(CCC3CCC(CCC)CC3)cc2C#N)cc1. The molecular formula is C29H35N. The number of aryl methyl sites for hydroxylation is 2. The summed E-state index contributed by atoms with van der Waals surface area (Å²) in [5, 5.41) is 9.61. The van der Waals surface area contributed by atoms with Crippen LogP contribution >= 0.6 is 0 Å². The Morgan fingerprint density at radius 3 is 2.03 bits per heavy atom. The molecule has 1 aliphatic carbocycles. The second-order valence-corrected chi connectivity index (χ2v) is 8.90. The van der Waals surface area contributed by atoms with Gasteiger partial charge in [-0.2, -0.15) is 5.26 Å². The van der Waals surface area contributed by atoms with Crippen molar-refractivity contribution in [3.05, 3.63) is 70.3 Å². The topological polar surface area (TPSA) is 23.8 Å². The number of hydrogen-bond donors (Lipinski definition) is 0. The van der Waals surface area contributed by atoms with Crippen LogP contribution < -0.4 is 0 Å². The summed E-state index contributed by atoms with van der Waals surface area (Å²) >= 11 is 0. The van der Waals surface area contributed by atoms with Gasteiger partial charge in [-0.05, 0) is 66.5 Å². The van der Waals surface area contributed by atoms with Crippen molar-refractivity contribution >= 4 is 0 Å². The maximum absolute atomic E-state index is 9.61. The molecule has 30 heavy (non-hydrogen) atoms. The van der Waals surface area contributed by atoms with Gasteiger partial charge in [0.2, 0.25) is 0 Å². The highest BCUT2D eigenvalue weighted by Gasteiger charge is 2.20. The van der Waals surface area contributed by atoms with Crippen molar-refractivity contribution in [2.75, 3.05) is 0 Å². The van der Waals surface area contributed by atoms with Crippen LogP contribution in [0.1, 0.15) is 93.0 Å². The van der Waals surface area contributed by atoms with E-state index in [2.05, 4.69) is 68.2 Å². The Balaban J connectivity index is 1.58. The van der Waals surface area contributed by atoms with Crippen LogP contribution in [-0.4, -0.2) is 0 Å². The van der Waals surface area contributed by atoms with Gasteiger partial charge in [-0.3, -0.25) is 0 Å². The first-order valence-corrected chi connectivity index (χ1v) is 11.9. The van der Waals surface area contributed by atoms with Gasteiger partial charge in [0.15, 0.2) is 0 Å². The first-order valence-electron chi connectivity index (χ1n) is 11.9. The van der Waals surface area contributed by atoms with Crippen LogP contribution in [0.2, 0.25) is 0 Å². The molecule has 0 heterocycles. The highest BCUT2D eigenvalue weighted by Crippen LogP contribution is 2.33. The molecule has 0 saturated heterocycles. The van der Waals surface area contributed by atoms with E-state index in [1.54, 1.807) is 0 Å². The predicted molar refractivity (Wildman–Crippen MR) is 126 cm³/mol. The van der Waals surface area contributed by atoms with Crippen molar-refractivity contribution in [2.45, 2.75) is 78.1 Å². The molecule has 1 saturated carbocycles. The minimum Gasteiger partial charge on any atom is -0.192 e. The van der Waals surface area contributed by atoms with Crippen LogP contribution in [0.5, 0.6) is 0 Å². The molecule has 1 fully saturated rings. The number of benzene rings is 2. The summed E-state index contributed by atoms with van der Waals surface area (Å²) in [6.07, 6.45) is 12.9. The normalized spacial score (nSPS) is 18.3. The molecule has 2 aromatic carbocycles. The van der Waals surface area contributed by atoms with Gasteiger partial charge in [0.05, 0.1) is 5.56 Å². The van der Waals surface area contributed by atoms with Gasteiger partial charge >= 0.3 is 0 Å². The molecule has 0 aromatic heterocycles. The lowest BCUT2D eigenvalue weighted by atomic mass is 9.78. The summed E-state index contributed by atoms with van der Waals surface area (Å²) in [5.74, 6) is 8.26. The van der Waals surface area contributed by atoms with Crippen molar-refractivity contribution in [3.8, 4) is 17.9 Å². The van der Waals surface area contributed by atoms with E-state index in [-0.39, 0.29) is 0 Å². The van der Waals surface area contributed by atoms with Crippen LogP contribution in [-0.2, 0) is 12.8 Å². The van der Waals surface area contributed by atoms with Gasteiger partial charge in [0.25, 0.3) is 0 Å². The zero-order valence-corrected chi connectivity index (χ0v) is 18.7. The number of nitrogens with zero attached hydrogens (tertiary/aromatic N) is 1. The molecule has 3 rings (SSSR count). The number of nitriles is 1. The third kappa shape index (κ3) is 6.50. The van der Waals surface area contributed by atoms with E-state index >= 15 is 0 Å². The Morgan fingerprint density at radius 2 is 1.40 bits per heavy atom. The summed E-state index contributed by atoms with van der Waals surface area (Å²) in [6.45, 7) is 4.49. The Hall–Kier alpha value is -2.51. The lowest BCUT2D eigenvalue weighted by Crippen LogP contribution is -2.15. The zero-order chi connectivity index (χ0) is 21.2. The van der Waals surface area contributed by atoms with Gasteiger partial charge in [0, 0.05) is 11.1 Å². The summed E-state index contributed by atoms with van der Waals surface area (Å²) in [6, 6.07) is 17.1. The molecule has 0 N–H and O–H groups in total. The number of hydrogen-bond acceptors (Lipinski definition) is 1. The molecule has 0 atom stereocenters. The van der Waals surface area contributed by atoms with Gasteiger partial charge < -0.3 is 0 Å². The molecule has 0 aliphatic heterocycles. The van der Waals surface area contributed by atoms with Gasteiger partial charge in [-0.25, -0.2) is 0 Å². The molecule has 1 aliphatic rings.